The molecule has 0 aliphatic rings. The Morgan fingerprint density at radius 2 is 1.67 bits per heavy atom. The molecule has 0 atom stereocenters. The molecule has 7 heteroatoms. The second kappa shape index (κ2) is 5.24. The maximum atomic E-state index is 11.8. The number of rotatable bonds is 5. The van der Waals surface area contributed by atoms with Gasteiger partial charge in [-0.2, -0.15) is 0 Å². The lowest BCUT2D eigenvalue weighted by Crippen LogP contribution is -2.59. The van der Waals surface area contributed by atoms with Crippen molar-refractivity contribution in [3.8, 4) is 0 Å². The van der Waals surface area contributed by atoms with Crippen molar-refractivity contribution in [1.29, 1.82) is 0 Å². The van der Waals surface area contributed by atoms with Crippen molar-refractivity contribution in [2.24, 2.45) is 11.1 Å². The first-order chi connectivity index (χ1) is 7.91. The summed E-state index contributed by atoms with van der Waals surface area (Å²) < 4.78 is 0. The highest BCUT2D eigenvalue weighted by Gasteiger charge is 2.44. The molecule has 0 fully saturated rings. The van der Waals surface area contributed by atoms with E-state index in [2.05, 4.69) is 5.32 Å². The molecule has 0 rings (SSSR count). The molecular weight excluding hydrogens is 238 g/mol. The van der Waals surface area contributed by atoms with Crippen LogP contribution in [-0.4, -0.2) is 47.0 Å². The number of carboxylic acids is 1. The van der Waals surface area contributed by atoms with E-state index in [1.165, 1.54) is 20.9 Å². The summed E-state index contributed by atoms with van der Waals surface area (Å²) in [5, 5.41) is 11.7. The van der Waals surface area contributed by atoms with Crippen LogP contribution in [0.4, 0.5) is 4.79 Å². The van der Waals surface area contributed by atoms with Gasteiger partial charge in [0.25, 0.3) is 0 Å². The quantitative estimate of drug-likeness (QED) is 0.645. The Bertz CT molecular complexity index is 363. The molecule has 0 heterocycles. The minimum absolute atomic E-state index is 0.227. The number of hydrogen-bond acceptors (Lipinski definition) is 3. The van der Waals surface area contributed by atoms with Gasteiger partial charge < -0.3 is 21.1 Å². The summed E-state index contributed by atoms with van der Waals surface area (Å²) in [7, 11) is 1.41. The van der Waals surface area contributed by atoms with Crippen molar-refractivity contribution in [3.05, 3.63) is 0 Å². The molecular formula is C11H21N3O4. The van der Waals surface area contributed by atoms with Crippen LogP contribution in [-0.2, 0) is 9.59 Å². The number of primary amides is 1. The normalized spacial score (nSPS) is 11.8. The number of carboxylic acid groups (broad SMARTS) is 1. The smallest absolute Gasteiger partial charge is 0.318 e. The largest absolute Gasteiger partial charge is 0.481 e. The third-order valence-electron chi connectivity index (χ3n) is 3.26. The maximum Gasteiger partial charge on any atom is 0.318 e. The van der Waals surface area contributed by atoms with Crippen LogP contribution in [0.1, 0.15) is 27.7 Å². The van der Waals surface area contributed by atoms with E-state index >= 15 is 0 Å². The van der Waals surface area contributed by atoms with Crippen LogP contribution in [0, 0.1) is 5.41 Å². The van der Waals surface area contributed by atoms with Gasteiger partial charge in [-0.05, 0) is 27.7 Å². The van der Waals surface area contributed by atoms with Gasteiger partial charge in [0.2, 0.25) is 5.91 Å². The first-order valence-corrected chi connectivity index (χ1v) is 5.47. The fraction of sp³-hybridized carbons (Fsp3) is 0.727. The highest BCUT2D eigenvalue weighted by molar-refractivity contribution is 5.84. The van der Waals surface area contributed by atoms with Crippen molar-refractivity contribution < 1.29 is 19.5 Å². The van der Waals surface area contributed by atoms with Crippen molar-refractivity contribution in [2.75, 3.05) is 13.6 Å². The summed E-state index contributed by atoms with van der Waals surface area (Å²) in [5.41, 5.74) is 2.83. The first-order valence-electron chi connectivity index (χ1n) is 5.47. The van der Waals surface area contributed by atoms with Crippen LogP contribution in [0.5, 0.6) is 0 Å². The van der Waals surface area contributed by atoms with Gasteiger partial charge in [-0.25, -0.2) is 4.79 Å². The monoisotopic (exact) mass is 259 g/mol. The van der Waals surface area contributed by atoms with E-state index in [0.717, 1.165) is 4.90 Å². The van der Waals surface area contributed by atoms with Crippen molar-refractivity contribution in [1.82, 2.24) is 10.2 Å². The molecule has 0 saturated carbocycles. The predicted octanol–water partition coefficient (Wildman–Crippen LogP) is 0.00250. The van der Waals surface area contributed by atoms with E-state index < -0.39 is 28.9 Å². The Morgan fingerprint density at radius 3 is 2.00 bits per heavy atom. The number of hydrogen-bond donors (Lipinski definition) is 3. The summed E-state index contributed by atoms with van der Waals surface area (Å²) in [6.07, 6.45) is 0. The molecule has 7 nitrogen and oxygen atoms in total. The van der Waals surface area contributed by atoms with Gasteiger partial charge in [-0.1, -0.05) is 0 Å². The van der Waals surface area contributed by atoms with Crippen LogP contribution < -0.4 is 11.1 Å². The van der Waals surface area contributed by atoms with Crippen LogP contribution >= 0.6 is 0 Å². The molecule has 18 heavy (non-hydrogen) atoms. The average Bonchev–Trinajstić information content (AvgIpc) is 2.14. The maximum absolute atomic E-state index is 11.8. The summed E-state index contributed by atoms with van der Waals surface area (Å²) in [5.74, 6) is -1.66. The van der Waals surface area contributed by atoms with Crippen LogP contribution in [0.25, 0.3) is 0 Å². The number of nitrogens with two attached hydrogens (primary N) is 1. The molecule has 0 spiro atoms. The summed E-state index contributed by atoms with van der Waals surface area (Å²) in [6, 6.07) is -0.548. The highest BCUT2D eigenvalue weighted by Crippen LogP contribution is 2.30. The summed E-state index contributed by atoms with van der Waals surface area (Å²) in [6.45, 7) is 6.02. The van der Waals surface area contributed by atoms with E-state index in [0.29, 0.717) is 0 Å². The number of nitrogens with one attached hydrogen (secondary N) is 1. The average molecular weight is 259 g/mol. The van der Waals surface area contributed by atoms with Gasteiger partial charge in [0, 0.05) is 7.05 Å². The van der Waals surface area contributed by atoms with Crippen molar-refractivity contribution >= 4 is 17.9 Å². The zero-order valence-electron chi connectivity index (χ0n) is 11.4. The molecule has 0 radical (unpaired) electrons. The lowest BCUT2D eigenvalue weighted by atomic mass is 9.74. The number of aliphatic carboxylic acids is 1. The standard InChI is InChI=1S/C11H21N3O4/c1-10(2,8(16)17)11(3,4)13-9(18)14(5)6-7(12)15/h6H2,1-5H3,(H2,12,15)(H,13,18)(H,16,17). The third-order valence-corrected chi connectivity index (χ3v) is 3.26. The minimum Gasteiger partial charge on any atom is -0.481 e. The van der Waals surface area contributed by atoms with Crippen LogP contribution in [0.3, 0.4) is 0 Å². The van der Waals surface area contributed by atoms with Gasteiger partial charge in [0.1, 0.15) is 6.54 Å². The van der Waals surface area contributed by atoms with Crippen molar-refractivity contribution in [3.63, 3.8) is 0 Å². The molecule has 0 unspecified atom stereocenters. The number of urea groups is 1. The molecule has 0 aliphatic heterocycles. The van der Waals surface area contributed by atoms with Crippen LogP contribution in [0.15, 0.2) is 0 Å². The zero-order valence-corrected chi connectivity index (χ0v) is 11.4. The van der Waals surface area contributed by atoms with Gasteiger partial charge >= 0.3 is 12.0 Å². The molecule has 0 bridgehead atoms. The van der Waals surface area contributed by atoms with E-state index in [9.17, 15) is 14.4 Å². The number of carbonyl (C=O) groups is 3. The zero-order chi connectivity index (χ0) is 14.7. The lowest BCUT2D eigenvalue weighted by Gasteiger charge is -2.39. The molecule has 0 aromatic rings. The third kappa shape index (κ3) is 3.61. The molecule has 0 aromatic heterocycles. The Hall–Kier alpha value is -1.79. The number of nitrogens with zero attached hydrogens (tertiary/aromatic N) is 1. The molecule has 0 saturated heterocycles. The van der Waals surface area contributed by atoms with E-state index in [1.54, 1.807) is 13.8 Å². The first kappa shape index (κ1) is 16.2. The van der Waals surface area contributed by atoms with E-state index in [4.69, 9.17) is 10.8 Å². The lowest BCUT2D eigenvalue weighted by molar-refractivity contribution is -0.150. The molecule has 4 N–H and O–H groups in total. The molecule has 0 aromatic carbocycles. The fourth-order valence-electron chi connectivity index (χ4n) is 1.09. The molecule has 3 amide bonds. The topological polar surface area (TPSA) is 113 Å². The Balaban J connectivity index is 4.83. The highest BCUT2D eigenvalue weighted by atomic mass is 16.4. The van der Waals surface area contributed by atoms with Gasteiger partial charge in [0.05, 0.1) is 11.0 Å². The van der Waals surface area contributed by atoms with Gasteiger partial charge in [-0.15, -0.1) is 0 Å². The SMILES string of the molecule is CN(CC(N)=O)C(=O)NC(C)(C)C(C)(C)C(=O)O. The Labute approximate surface area is 106 Å². The Kier molecular flexibility index (Phi) is 4.72. The minimum atomic E-state index is -1.16. The van der Waals surface area contributed by atoms with E-state index in [1.807, 2.05) is 0 Å². The fourth-order valence-corrected chi connectivity index (χ4v) is 1.09. The Morgan fingerprint density at radius 1 is 1.22 bits per heavy atom. The van der Waals surface area contributed by atoms with Crippen LogP contribution in [0.2, 0.25) is 0 Å². The number of amides is 3. The second-order valence-corrected chi connectivity index (χ2v) is 5.31. The second-order valence-electron chi connectivity index (χ2n) is 5.31. The number of carbonyl (C=O) groups excluding carboxylic acids is 2. The molecule has 0 aliphatic carbocycles. The predicted molar refractivity (Wildman–Crippen MR) is 65.9 cm³/mol. The van der Waals surface area contributed by atoms with Gasteiger partial charge in [-0.3, -0.25) is 9.59 Å². The van der Waals surface area contributed by atoms with Gasteiger partial charge in [0.15, 0.2) is 0 Å². The number of likely N-dealkylation sites (N-methyl/N-ethyl adjacent to an activating group) is 1. The summed E-state index contributed by atoms with van der Waals surface area (Å²) >= 11 is 0. The van der Waals surface area contributed by atoms with Crippen molar-refractivity contribution in [2.45, 2.75) is 33.2 Å². The summed E-state index contributed by atoms with van der Waals surface area (Å²) in [4.78, 5) is 34.7. The molecule has 104 valence electrons. The van der Waals surface area contributed by atoms with E-state index in [-0.39, 0.29) is 6.54 Å².